The van der Waals surface area contributed by atoms with Gasteiger partial charge in [-0.25, -0.2) is 0 Å². The van der Waals surface area contributed by atoms with Crippen molar-refractivity contribution in [3.8, 4) is 5.75 Å². The zero-order chi connectivity index (χ0) is 14.6. The van der Waals surface area contributed by atoms with Crippen LogP contribution in [0, 0.1) is 0 Å². The Kier molecular flexibility index (Phi) is 8.88. The summed E-state index contributed by atoms with van der Waals surface area (Å²) in [6, 6.07) is 8.76. The Hall–Kier alpha value is -1.22. The first-order valence-corrected chi connectivity index (χ1v) is 7.92. The molecule has 0 saturated carbocycles. The van der Waals surface area contributed by atoms with Crippen molar-refractivity contribution in [2.45, 2.75) is 52.5 Å². The van der Waals surface area contributed by atoms with Crippen molar-refractivity contribution < 1.29 is 4.74 Å². The van der Waals surface area contributed by atoms with E-state index in [9.17, 15) is 0 Å². The minimum absolute atomic E-state index is 0.537. The van der Waals surface area contributed by atoms with Gasteiger partial charge in [-0.3, -0.25) is 0 Å². The Morgan fingerprint density at radius 2 is 1.95 bits per heavy atom. The van der Waals surface area contributed by atoms with Gasteiger partial charge in [0.25, 0.3) is 0 Å². The van der Waals surface area contributed by atoms with Crippen molar-refractivity contribution >= 4 is 5.69 Å². The predicted molar refractivity (Wildman–Crippen MR) is 87.7 cm³/mol. The maximum absolute atomic E-state index is 5.78. The van der Waals surface area contributed by atoms with Crippen molar-refractivity contribution in [1.29, 1.82) is 0 Å². The lowest BCUT2D eigenvalue weighted by atomic mass is 10.2. The third kappa shape index (κ3) is 8.05. The number of benzene rings is 1. The normalized spacial score (nSPS) is 10.8. The quantitative estimate of drug-likeness (QED) is 0.599. The van der Waals surface area contributed by atoms with Gasteiger partial charge in [0.05, 0.1) is 6.61 Å². The largest absolute Gasteiger partial charge is 0.494 e. The number of unbranched alkanes of at least 4 members (excludes halogenated alkanes) is 3. The van der Waals surface area contributed by atoms with Crippen molar-refractivity contribution in [2.75, 3.05) is 25.0 Å². The minimum Gasteiger partial charge on any atom is -0.494 e. The highest BCUT2D eigenvalue weighted by molar-refractivity contribution is 5.48. The fourth-order valence-electron chi connectivity index (χ4n) is 1.98. The SMILES string of the molecule is CCCCCCOc1cccc(NCCNC(C)C)c1. The van der Waals surface area contributed by atoms with Crippen LogP contribution in [0.5, 0.6) is 5.75 Å². The van der Waals surface area contributed by atoms with Crippen molar-refractivity contribution in [2.24, 2.45) is 0 Å². The molecule has 0 spiro atoms. The maximum atomic E-state index is 5.78. The number of anilines is 1. The summed E-state index contributed by atoms with van der Waals surface area (Å²) in [5.74, 6) is 0.961. The molecule has 114 valence electrons. The highest BCUT2D eigenvalue weighted by Gasteiger charge is 1.97. The molecule has 0 radical (unpaired) electrons. The molecule has 3 nitrogen and oxygen atoms in total. The van der Waals surface area contributed by atoms with Crippen LogP contribution in [0.25, 0.3) is 0 Å². The van der Waals surface area contributed by atoms with Crippen LogP contribution in [0.15, 0.2) is 24.3 Å². The zero-order valence-electron chi connectivity index (χ0n) is 13.2. The van der Waals surface area contributed by atoms with Crippen molar-refractivity contribution in [3.05, 3.63) is 24.3 Å². The molecule has 0 saturated heterocycles. The van der Waals surface area contributed by atoms with Crippen molar-refractivity contribution in [1.82, 2.24) is 5.32 Å². The number of nitrogens with one attached hydrogen (secondary N) is 2. The Balaban J connectivity index is 2.23. The highest BCUT2D eigenvalue weighted by Crippen LogP contribution is 2.17. The summed E-state index contributed by atoms with van der Waals surface area (Å²) in [6.07, 6.45) is 4.97. The molecule has 0 aliphatic carbocycles. The Labute approximate surface area is 124 Å². The van der Waals surface area contributed by atoms with Gasteiger partial charge in [-0.05, 0) is 18.6 Å². The molecule has 0 aliphatic rings. The second-order valence-electron chi connectivity index (χ2n) is 5.47. The first kappa shape index (κ1) is 16.8. The molecule has 0 aromatic heterocycles. The summed E-state index contributed by atoms with van der Waals surface area (Å²) in [5.41, 5.74) is 1.13. The fourth-order valence-corrected chi connectivity index (χ4v) is 1.98. The Morgan fingerprint density at radius 3 is 2.70 bits per heavy atom. The van der Waals surface area contributed by atoms with E-state index in [1.54, 1.807) is 0 Å². The summed E-state index contributed by atoms with van der Waals surface area (Å²) in [6.45, 7) is 9.26. The zero-order valence-corrected chi connectivity index (χ0v) is 13.2. The van der Waals surface area contributed by atoms with Crippen LogP contribution in [0.1, 0.15) is 46.5 Å². The molecule has 1 aromatic rings. The molecule has 1 aromatic carbocycles. The third-order valence-corrected chi connectivity index (χ3v) is 3.11. The van der Waals surface area contributed by atoms with Crippen LogP contribution in [-0.4, -0.2) is 25.7 Å². The second-order valence-corrected chi connectivity index (χ2v) is 5.47. The van der Waals surface area contributed by atoms with Crippen LogP contribution in [-0.2, 0) is 0 Å². The van der Waals surface area contributed by atoms with Gasteiger partial charge in [0.1, 0.15) is 5.75 Å². The second kappa shape index (κ2) is 10.6. The lowest BCUT2D eigenvalue weighted by Crippen LogP contribution is -2.28. The minimum atomic E-state index is 0.537. The molecule has 0 amide bonds. The maximum Gasteiger partial charge on any atom is 0.121 e. The number of ether oxygens (including phenoxy) is 1. The fraction of sp³-hybridized carbons (Fsp3) is 0.647. The molecule has 0 aliphatic heterocycles. The van der Waals surface area contributed by atoms with Gasteiger partial charge < -0.3 is 15.4 Å². The van der Waals surface area contributed by atoms with Gasteiger partial charge in [-0.2, -0.15) is 0 Å². The summed E-state index contributed by atoms with van der Waals surface area (Å²) >= 11 is 0. The van der Waals surface area contributed by atoms with Crippen LogP contribution in [0.4, 0.5) is 5.69 Å². The highest BCUT2D eigenvalue weighted by atomic mass is 16.5. The molecule has 3 heteroatoms. The van der Waals surface area contributed by atoms with E-state index in [4.69, 9.17) is 4.74 Å². The van der Waals surface area contributed by atoms with Gasteiger partial charge in [0.2, 0.25) is 0 Å². The number of hydrogen-bond acceptors (Lipinski definition) is 3. The molecule has 20 heavy (non-hydrogen) atoms. The van der Waals surface area contributed by atoms with E-state index < -0.39 is 0 Å². The van der Waals surface area contributed by atoms with Crippen LogP contribution >= 0.6 is 0 Å². The Bertz CT molecular complexity index is 353. The van der Waals surface area contributed by atoms with E-state index in [1.807, 2.05) is 12.1 Å². The summed E-state index contributed by atoms with van der Waals surface area (Å²) in [5, 5.41) is 6.80. The van der Waals surface area contributed by atoms with Gasteiger partial charge in [0, 0.05) is 30.9 Å². The molecule has 0 fully saturated rings. The van der Waals surface area contributed by atoms with E-state index in [2.05, 4.69) is 43.5 Å². The lowest BCUT2D eigenvalue weighted by Gasteiger charge is -2.11. The molecule has 2 N–H and O–H groups in total. The monoisotopic (exact) mass is 278 g/mol. The first-order chi connectivity index (χ1) is 9.72. The molecule has 0 bridgehead atoms. The van der Waals surface area contributed by atoms with E-state index in [0.29, 0.717) is 6.04 Å². The third-order valence-electron chi connectivity index (χ3n) is 3.11. The van der Waals surface area contributed by atoms with E-state index in [0.717, 1.165) is 37.6 Å². The lowest BCUT2D eigenvalue weighted by molar-refractivity contribution is 0.305. The molecule has 0 atom stereocenters. The summed E-state index contributed by atoms with van der Waals surface area (Å²) < 4.78 is 5.78. The molecular weight excluding hydrogens is 248 g/mol. The average Bonchev–Trinajstić information content (AvgIpc) is 2.44. The summed E-state index contributed by atoms with van der Waals surface area (Å²) in [7, 11) is 0. The smallest absolute Gasteiger partial charge is 0.121 e. The van der Waals surface area contributed by atoms with Gasteiger partial charge in [-0.15, -0.1) is 0 Å². The van der Waals surface area contributed by atoms with Gasteiger partial charge in [-0.1, -0.05) is 46.1 Å². The van der Waals surface area contributed by atoms with E-state index in [-0.39, 0.29) is 0 Å². The molecule has 0 unspecified atom stereocenters. The molecular formula is C17H30N2O. The van der Waals surface area contributed by atoms with Gasteiger partial charge in [0.15, 0.2) is 0 Å². The van der Waals surface area contributed by atoms with Crippen LogP contribution in [0.2, 0.25) is 0 Å². The summed E-state index contributed by atoms with van der Waals surface area (Å²) in [4.78, 5) is 0. The standard InChI is InChI=1S/C17H30N2O/c1-4-5-6-7-13-20-17-10-8-9-16(14-17)19-12-11-18-15(2)3/h8-10,14-15,18-19H,4-7,11-13H2,1-3H3. The van der Waals surface area contributed by atoms with Crippen LogP contribution < -0.4 is 15.4 Å². The first-order valence-electron chi connectivity index (χ1n) is 7.92. The van der Waals surface area contributed by atoms with E-state index >= 15 is 0 Å². The number of hydrogen-bond donors (Lipinski definition) is 2. The Morgan fingerprint density at radius 1 is 1.10 bits per heavy atom. The average molecular weight is 278 g/mol. The van der Waals surface area contributed by atoms with Crippen LogP contribution in [0.3, 0.4) is 0 Å². The predicted octanol–water partition coefficient (Wildman–Crippen LogP) is 4.06. The van der Waals surface area contributed by atoms with Crippen molar-refractivity contribution in [3.63, 3.8) is 0 Å². The van der Waals surface area contributed by atoms with Gasteiger partial charge >= 0.3 is 0 Å². The molecule has 1 rings (SSSR count). The number of rotatable bonds is 11. The molecule has 0 heterocycles. The topological polar surface area (TPSA) is 33.3 Å². The van der Waals surface area contributed by atoms with E-state index in [1.165, 1.54) is 19.3 Å².